The van der Waals surface area contributed by atoms with Gasteiger partial charge in [-0.15, -0.1) is 0 Å². The number of nitrogens with zero attached hydrogens (tertiary/aromatic N) is 1. The van der Waals surface area contributed by atoms with E-state index in [4.69, 9.17) is 9.84 Å². The average Bonchev–Trinajstić information content (AvgIpc) is 2.27. The molecule has 2 atom stereocenters. The van der Waals surface area contributed by atoms with Gasteiger partial charge in [0.05, 0.1) is 12.6 Å². The summed E-state index contributed by atoms with van der Waals surface area (Å²) < 4.78 is 27.9. The predicted octanol–water partition coefficient (Wildman–Crippen LogP) is -0.878. The van der Waals surface area contributed by atoms with E-state index in [2.05, 4.69) is 0 Å². The minimum absolute atomic E-state index is 0.110. The minimum Gasteiger partial charge on any atom is -0.479 e. The van der Waals surface area contributed by atoms with Crippen molar-refractivity contribution in [3.8, 4) is 0 Å². The smallest absolute Gasteiger partial charge is 0.334 e. The fourth-order valence-electron chi connectivity index (χ4n) is 1.67. The Hall–Kier alpha value is -1.15. The molecule has 0 aromatic heterocycles. The van der Waals surface area contributed by atoms with Gasteiger partial charge in [0.25, 0.3) is 0 Å². The number of carbonyl (C=O) groups is 2. The van der Waals surface area contributed by atoms with Gasteiger partial charge in [0.2, 0.25) is 5.91 Å². The zero-order valence-corrected chi connectivity index (χ0v) is 11.1. The molecule has 0 saturated carbocycles. The number of aliphatic carboxylic acids is 1. The van der Waals surface area contributed by atoms with E-state index in [0.29, 0.717) is 0 Å². The van der Waals surface area contributed by atoms with Gasteiger partial charge in [-0.2, -0.15) is 0 Å². The first-order valence-electron chi connectivity index (χ1n) is 5.61. The lowest BCUT2D eigenvalue weighted by molar-refractivity contribution is -0.165. The highest BCUT2D eigenvalue weighted by atomic mass is 32.2. The van der Waals surface area contributed by atoms with Gasteiger partial charge < -0.3 is 14.7 Å². The largest absolute Gasteiger partial charge is 0.479 e. The van der Waals surface area contributed by atoms with E-state index in [1.165, 1.54) is 11.8 Å². The van der Waals surface area contributed by atoms with Crippen LogP contribution in [0.15, 0.2) is 0 Å². The summed E-state index contributed by atoms with van der Waals surface area (Å²) in [6.45, 7) is 3.20. The van der Waals surface area contributed by atoms with E-state index in [9.17, 15) is 18.0 Å². The van der Waals surface area contributed by atoms with Gasteiger partial charge in [-0.05, 0) is 6.92 Å². The molecule has 18 heavy (non-hydrogen) atoms. The quantitative estimate of drug-likeness (QED) is 0.717. The zero-order chi connectivity index (χ0) is 13.9. The molecule has 8 heteroatoms. The number of carboxylic acid groups (broad SMARTS) is 1. The van der Waals surface area contributed by atoms with Crippen LogP contribution >= 0.6 is 0 Å². The van der Waals surface area contributed by atoms with Crippen LogP contribution in [-0.2, 0) is 24.2 Å². The van der Waals surface area contributed by atoms with Crippen molar-refractivity contribution >= 4 is 21.7 Å². The third kappa shape index (κ3) is 3.95. The van der Waals surface area contributed by atoms with Gasteiger partial charge in [-0.3, -0.25) is 4.79 Å². The normalized spacial score (nSPS) is 24.9. The maximum absolute atomic E-state index is 11.8. The maximum Gasteiger partial charge on any atom is 0.334 e. The summed E-state index contributed by atoms with van der Waals surface area (Å²) in [7, 11) is -3.40. The van der Waals surface area contributed by atoms with Crippen molar-refractivity contribution in [2.75, 3.05) is 24.6 Å². The molecule has 104 valence electrons. The Kier molecular flexibility index (Phi) is 4.69. The van der Waals surface area contributed by atoms with Crippen molar-refractivity contribution in [3.05, 3.63) is 0 Å². The fraction of sp³-hybridized carbons (Fsp3) is 0.800. The first-order chi connectivity index (χ1) is 8.25. The van der Waals surface area contributed by atoms with E-state index in [1.54, 1.807) is 6.92 Å². The van der Waals surface area contributed by atoms with Crippen LogP contribution in [-0.4, -0.2) is 67.1 Å². The number of carboxylic acids is 1. The summed E-state index contributed by atoms with van der Waals surface area (Å²) in [5.74, 6) is -2.42. The lowest BCUT2D eigenvalue weighted by atomic mass is 10.2. The Balaban J connectivity index is 2.71. The molecule has 0 aromatic carbocycles. The van der Waals surface area contributed by atoms with Crippen LogP contribution in [0.25, 0.3) is 0 Å². The highest BCUT2D eigenvalue weighted by Crippen LogP contribution is 2.12. The number of amides is 1. The van der Waals surface area contributed by atoms with Crippen LogP contribution in [0.2, 0.25) is 0 Å². The first kappa shape index (κ1) is 14.9. The molecule has 0 radical (unpaired) electrons. The predicted molar refractivity (Wildman–Crippen MR) is 62.9 cm³/mol. The molecule has 0 aliphatic carbocycles. The van der Waals surface area contributed by atoms with Gasteiger partial charge in [0.1, 0.15) is 5.75 Å². The van der Waals surface area contributed by atoms with Crippen molar-refractivity contribution in [2.45, 2.75) is 26.1 Å². The Bertz CT molecular complexity index is 432. The molecule has 1 heterocycles. The molecule has 1 unspecified atom stereocenters. The van der Waals surface area contributed by atoms with E-state index < -0.39 is 39.7 Å². The third-order valence-electron chi connectivity index (χ3n) is 2.67. The van der Waals surface area contributed by atoms with Gasteiger partial charge >= 0.3 is 5.97 Å². The standard InChI is InChI=1S/C10H17NO6S/c1-3-18(15,16)6-9(12)11-4-7(2)17-8(5-11)10(13)14/h7-8H,3-6H2,1-2H3,(H,13,14)/t7-,8?/m1/s1. The molecule has 1 rings (SSSR count). The van der Waals surface area contributed by atoms with Crippen molar-refractivity contribution in [1.82, 2.24) is 4.90 Å². The second-order valence-corrected chi connectivity index (χ2v) is 6.60. The van der Waals surface area contributed by atoms with Gasteiger partial charge in [0.15, 0.2) is 15.9 Å². The molecule has 1 aliphatic heterocycles. The van der Waals surface area contributed by atoms with Crippen molar-refractivity contribution in [1.29, 1.82) is 0 Å². The zero-order valence-electron chi connectivity index (χ0n) is 10.3. The summed E-state index contributed by atoms with van der Waals surface area (Å²) >= 11 is 0. The number of hydrogen-bond acceptors (Lipinski definition) is 5. The van der Waals surface area contributed by atoms with Gasteiger partial charge in [-0.1, -0.05) is 6.92 Å². The summed E-state index contributed by atoms with van der Waals surface area (Å²) in [5.41, 5.74) is 0. The maximum atomic E-state index is 11.8. The minimum atomic E-state index is -3.40. The Morgan fingerprint density at radius 1 is 1.39 bits per heavy atom. The summed E-state index contributed by atoms with van der Waals surface area (Å²) in [6.07, 6.45) is -1.52. The van der Waals surface area contributed by atoms with Crippen LogP contribution in [0.1, 0.15) is 13.8 Å². The highest BCUT2D eigenvalue weighted by molar-refractivity contribution is 7.92. The van der Waals surface area contributed by atoms with E-state index >= 15 is 0 Å². The number of rotatable bonds is 4. The van der Waals surface area contributed by atoms with Gasteiger partial charge in [-0.25, -0.2) is 13.2 Å². The third-order valence-corrected chi connectivity index (χ3v) is 4.24. The number of ether oxygens (including phenoxy) is 1. The summed E-state index contributed by atoms with van der Waals surface area (Å²) in [4.78, 5) is 23.8. The monoisotopic (exact) mass is 279 g/mol. The molecule has 0 bridgehead atoms. The second-order valence-electron chi connectivity index (χ2n) is 4.25. The number of sulfone groups is 1. The summed E-state index contributed by atoms with van der Waals surface area (Å²) in [5, 5.41) is 8.85. The molecular weight excluding hydrogens is 262 g/mol. The topological polar surface area (TPSA) is 101 Å². The van der Waals surface area contributed by atoms with Crippen molar-refractivity contribution < 1.29 is 27.9 Å². The molecule has 0 aromatic rings. The Labute approximate surface area is 106 Å². The van der Waals surface area contributed by atoms with Crippen LogP contribution < -0.4 is 0 Å². The van der Waals surface area contributed by atoms with Crippen LogP contribution in [0.3, 0.4) is 0 Å². The van der Waals surface area contributed by atoms with E-state index in [-0.39, 0.29) is 18.8 Å². The highest BCUT2D eigenvalue weighted by Gasteiger charge is 2.33. The Morgan fingerprint density at radius 3 is 2.50 bits per heavy atom. The van der Waals surface area contributed by atoms with Crippen molar-refractivity contribution in [2.24, 2.45) is 0 Å². The second kappa shape index (κ2) is 5.66. The first-order valence-corrected chi connectivity index (χ1v) is 7.43. The lowest BCUT2D eigenvalue weighted by Gasteiger charge is -2.34. The summed E-state index contributed by atoms with van der Waals surface area (Å²) in [6, 6.07) is 0. The van der Waals surface area contributed by atoms with Gasteiger partial charge in [0, 0.05) is 12.3 Å². The molecule has 7 nitrogen and oxygen atoms in total. The van der Waals surface area contributed by atoms with Crippen LogP contribution in [0.4, 0.5) is 0 Å². The number of carbonyl (C=O) groups excluding carboxylic acids is 1. The molecule has 1 saturated heterocycles. The average molecular weight is 279 g/mol. The Morgan fingerprint density at radius 2 is 2.00 bits per heavy atom. The van der Waals surface area contributed by atoms with Crippen LogP contribution in [0.5, 0.6) is 0 Å². The molecule has 1 aliphatic rings. The van der Waals surface area contributed by atoms with E-state index in [1.807, 2.05) is 0 Å². The molecular formula is C10H17NO6S. The number of hydrogen-bond donors (Lipinski definition) is 1. The lowest BCUT2D eigenvalue weighted by Crippen LogP contribution is -2.53. The van der Waals surface area contributed by atoms with Crippen LogP contribution in [0, 0.1) is 0 Å². The molecule has 1 amide bonds. The molecule has 1 fully saturated rings. The fourth-order valence-corrected chi connectivity index (χ4v) is 2.44. The SMILES string of the molecule is CCS(=O)(=O)CC(=O)N1CC(C(=O)O)O[C@H](C)C1. The van der Waals surface area contributed by atoms with Crippen molar-refractivity contribution in [3.63, 3.8) is 0 Å². The number of morpholine rings is 1. The molecule has 0 spiro atoms. The van der Waals surface area contributed by atoms with E-state index in [0.717, 1.165) is 0 Å². The molecule has 1 N–H and O–H groups in total.